The number of hydrogen-bond donors (Lipinski definition) is 6. The van der Waals surface area contributed by atoms with Gasteiger partial charge in [0.2, 0.25) is 5.91 Å². The Balaban J connectivity index is 2.04. The maximum absolute atomic E-state index is 12.8. The third kappa shape index (κ3) is 31.9. The van der Waals surface area contributed by atoms with Gasteiger partial charge in [-0.1, -0.05) is 195 Å². The fourth-order valence-electron chi connectivity index (χ4n) is 7.00. The highest BCUT2D eigenvalue weighted by molar-refractivity contribution is 5.76. The molecular weight excluding hydrogens is 779 g/mol. The second-order valence-corrected chi connectivity index (χ2v) is 16.5. The topological polar surface area (TPSA) is 149 Å². The van der Waals surface area contributed by atoms with Crippen LogP contribution >= 0.6 is 0 Å². The largest absolute Gasteiger partial charge is 0.394 e. The third-order valence-corrected chi connectivity index (χ3v) is 10.9. The van der Waals surface area contributed by atoms with Gasteiger partial charge in [0.15, 0.2) is 6.29 Å². The van der Waals surface area contributed by atoms with Crippen molar-refractivity contribution < 1.29 is 39.8 Å². The van der Waals surface area contributed by atoms with Gasteiger partial charge >= 0.3 is 0 Å². The predicted molar refractivity (Wildman–Crippen MR) is 258 cm³/mol. The zero-order valence-corrected chi connectivity index (χ0v) is 38.8. The van der Waals surface area contributed by atoms with E-state index in [1.807, 2.05) is 6.08 Å². The second kappa shape index (κ2) is 42.1. The number of rotatable bonds is 39. The van der Waals surface area contributed by atoms with Gasteiger partial charge in [-0.2, -0.15) is 0 Å². The molecule has 62 heavy (non-hydrogen) atoms. The second-order valence-electron chi connectivity index (χ2n) is 16.5. The SMILES string of the molecule is CC/C=C\C/C=C\C/C=C\C/C=C\C/C=C\C/C=C\C/C=C\CCCCCCCCCCCCCCCC(=O)NC(COC1OC(CO)C(O)C(O)C1O)C(O)/C=C/CCCC. The Morgan fingerprint density at radius 1 is 0.565 bits per heavy atom. The number of unbranched alkanes of at least 4 members (excludes halogenated alkanes) is 15. The highest BCUT2D eigenvalue weighted by Gasteiger charge is 2.44. The van der Waals surface area contributed by atoms with Crippen LogP contribution in [0.4, 0.5) is 0 Å². The minimum atomic E-state index is -1.57. The Labute approximate surface area is 377 Å². The standard InChI is InChI=1S/C53H89NO8/c1-3-5-7-9-10-11-12-13-14-15-16-17-18-19-20-21-22-23-24-25-26-27-28-29-30-31-32-33-34-35-36-37-38-39-41-43-49(57)54-46(47(56)42-40-8-6-4-2)45-61-53-52(60)51(59)50(58)48(44-55)62-53/h5,7,10-11,13-14,16-17,19-20,22-23,25-26,40,42,46-48,50-53,55-56,58-60H,3-4,6,8-9,12,15,18,21,24,27-39,41,43-45H2,1-2H3,(H,54,57)/b7-5-,11-10-,14-13-,17-16-,20-19-,23-22-,26-25-,42-40+. The Hall–Kier alpha value is -2.89. The van der Waals surface area contributed by atoms with Gasteiger partial charge in [0, 0.05) is 6.42 Å². The van der Waals surface area contributed by atoms with Gasteiger partial charge in [-0.15, -0.1) is 0 Å². The van der Waals surface area contributed by atoms with Gasteiger partial charge in [-0.3, -0.25) is 4.79 Å². The number of allylic oxidation sites excluding steroid dienone is 15. The lowest BCUT2D eigenvalue weighted by Gasteiger charge is -2.40. The zero-order chi connectivity index (χ0) is 45.1. The van der Waals surface area contributed by atoms with Crippen molar-refractivity contribution in [3.63, 3.8) is 0 Å². The molecule has 0 spiro atoms. The first-order chi connectivity index (χ1) is 30.3. The number of aliphatic hydroxyl groups is 5. The molecule has 1 rings (SSSR count). The molecule has 1 aliphatic rings. The summed E-state index contributed by atoms with van der Waals surface area (Å²) in [6.45, 7) is 3.48. The Morgan fingerprint density at radius 2 is 1.00 bits per heavy atom. The van der Waals surface area contributed by atoms with E-state index in [2.05, 4.69) is 104 Å². The number of hydrogen-bond acceptors (Lipinski definition) is 8. The maximum atomic E-state index is 12.8. The Kier molecular flexibility index (Phi) is 38.8. The summed E-state index contributed by atoms with van der Waals surface area (Å²) >= 11 is 0. The van der Waals surface area contributed by atoms with Crippen LogP contribution in [0, 0.1) is 0 Å². The van der Waals surface area contributed by atoms with E-state index in [-0.39, 0.29) is 12.5 Å². The molecule has 6 N–H and O–H groups in total. The Bertz CT molecular complexity index is 1280. The first kappa shape index (κ1) is 57.1. The summed E-state index contributed by atoms with van der Waals surface area (Å²) in [5.74, 6) is -0.193. The monoisotopic (exact) mass is 868 g/mol. The lowest BCUT2D eigenvalue weighted by Crippen LogP contribution is -2.60. The molecule has 1 fully saturated rings. The van der Waals surface area contributed by atoms with Crippen molar-refractivity contribution in [1.29, 1.82) is 0 Å². The molecule has 9 nitrogen and oxygen atoms in total. The molecule has 0 bridgehead atoms. The predicted octanol–water partition coefficient (Wildman–Crippen LogP) is 10.9. The molecule has 354 valence electrons. The third-order valence-electron chi connectivity index (χ3n) is 10.9. The number of nitrogens with one attached hydrogen (secondary N) is 1. The zero-order valence-electron chi connectivity index (χ0n) is 38.8. The molecule has 7 unspecified atom stereocenters. The first-order valence-corrected chi connectivity index (χ1v) is 24.5. The molecule has 0 aromatic heterocycles. The van der Waals surface area contributed by atoms with E-state index in [4.69, 9.17) is 9.47 Å². The van der Waals surface area contributed by atoms with Gasteiger partial charge in [-0.05, 0) is 70.6 Å². The van der Waals surface area contributed by atoms with Crippen LogP contribution in [0.1, 0.15) is 174 Å². The summed E-state index contributed by atoms with van der Waals surface area (Å²) in [4.78, 5) is 12.8. The highest BCUT2D eigenvalue weighted by Crippen LogP contribution is 2.22. The van der Waals surface area contributed by atoms with E-state index in [1.54, 1.807) is 6.08 Å². The average Bonchev–Trinajstić information content (AvgIpc) is 3.27. The van der Waals surface area contributed by atoms with Crippen LogP contribution in [0.3, 0.4) is 0 Å². The molecule has 0 aromatic carbocycles. The number of ether oxygens (including phenoxy) is 2. The van der Waals surface area contributed by atoms with Crippen LogP contribution in [-0.4, -0.2) is 87.5 Å². The van der Waals surface area contributed by atoms with Crippen LogP contribution in [0.2, 0.25) is 0 Å². The van der Waals surface area contributed by atoms with Crippen molar-refractivity contribution in [2.45, 2.75) is 217 Å². The summed E-state index contributed by atoms with van der Waals surface area (Å²) < 4.78 is 11.1. The lowest BCUT2D eigenvalue weighted by molar-refractivity contribution is -0.302. The molecule has 0 aromatic rings. The number of carbonyl (C=O) groups excluding carboxylic acids is 1. The minimum Gasteiger partial charge on any atom is -0.394 e. The summed E-state index contributed by atoms with van der Waals surface area (Å²) in [6, 6.07) is -0.806. The molecular formula is C53H89NO8. The fraction of sp³-hybridized carbons (Fsp3) is 0.679. The highest BCUT2D eigenvalue weighted by atomic mass is 16.7. The molecule has 1 amide bonds. The van der Waals surface area contributed by atoms with E-state index in [1.165, 1.54) is 70.6 Å². The van der Waals surface area contributed by atoms with Crippen LogP contribution < -0.4 is 5.32 Å². The van der Waals surface area contributed by atoms with E-state index in [0.717, 1.165) is 83.5 Å². The van der Waals surface area contributed by atoms with Gasteiger partial charge in [0.05, 0.1) is 25.4 Å². The molecule has 0 aliphatic carbocycles. The molecule has 9 heteroatoms. The molecule has 1 saturated heterocycles. The van der Waals surface area contributed by atoms with Gasteiger partial charge in [0.1, 0.15) is 24.4 Å². The number of aliphatic hydroxyl groups excluding tert-OH is 5. The normalized spacial score (nSPS) is 21.2. The quantitative estimate of drug-likeness (QED) is 0.0264. The van der Waals surface area contributed by atoms with Crippen molar-refractivity contribution in [2.75, 3.05) is 13.2 Å². The molecule has 1 heterocycles. The molecule has 1 aliphatic heterocycles. The van der Waals surface area contributed by atoms with Crippen molar-refractivity contribution >= 4 is 5.91 Å². The summed E-state index contributed by atoms with van der Waals surface area (Å²) in [5, 5.41) is 53.6. The summed E-state index contributed by atoms with van der Waals surface area (Å²) in [6.07, 6.45) is 54.0. The smallest absolute Gasteiger partial charge is 0.220 e. The van der Waals surface area contributed by atoms with Crippen molar-refractivity contribution in [3.8, 4) is 0 Å². The summed E-state index contributed by atoms with van der Waals surface area (Å²) in [5.41, 5.74) is 0. The molecule has 0 saturated carbocycles. The van der Waals surface area contributed by atoms with E-state index in [9.17, 15) is 30.3 Å². The average molecular weight is 868 g/mol. The van der Waals surface area contributed by atoms with Crippen molar-refractivity contribution in [1.82, 2.24) is 5.32 Å². The van der Waals surface area contributed by atoms with Crippen LogP contribution in [-0.2, 0) is 14.3 Å². The minimum absolute atomic E-state index is 0.193. The number of amides is 1. The maximum Gasteiger partial charge on any atom is 0.220 e. The van der Waals surface area contributed by atoms with Crippen LogP contribution in [0.15, 0.2) is 97.2 Å². The van der Waals surface area contributed by atoms with Gasteiger partial charge in [-0.25, -0.2) is 0 Å². The lowest BCUT2D eigenvalue weighted by atomic mass is 9.99. The first-order valence-electron chi connectivity index (χ1n) is 24.5. The molecule has 7 atom stereocenters. The van der Waals surface area contributed by atoms with E-state index >= 15 is 0 Å². The van der Waals surface area contributed by atoms with Crippen LogP contribution in [0.5, 0.6) is 0 Å². The van der Waals surface area contributed by atoms with E-state index < -0.39 is 49.5 Å². The van der Waals surface area contributed by atoms with Gasteiger partial charge < -0.3 is 40.3 Å². The molecule has 0 radical (unpaired) electrons. The van der Waals surface area contributed by atoms with Crippen molar-refractivity contribution in [3.05, 3.63) is 97.2 Å². The van der Waals surface area contributed by atoms with Gasteiger partial charge in [0.25, 0.3) is 0 Å². The number of carbonyl (C=O) groups is 1. The van der Waals surface area contributed by atoms with E-state index in [0.29, 0.717) is 6.42 Å². The van der Waals surface area contributed by atoms with Crippen molar-refractivity contribution in [2.24, 2.45) is 0 Å². The fourth-order valence-corrected chi connectivity index (χ4v) is 7.00. The summed E-state index contributed by atoms with van der Waals surface area (Å²) in [7, 11) is 0. The Morgan fingerprint density at radius 3 is 1.47 bits per heavy atom. The van der Waals surface area contributed by atoms with Crippen LogP contribution in [0.25, 0.3) is 0 Å².